The quantitative estimate of drug-likeness (QED) is 0.889. The molecule has 0 amide bonds. The SMILES string of the molecule is NCc1nccn1-c1cccc(Br)c1. The number of nitrogens with two attached hydrogens (primary N) is 1. The van der Waals surface area contributed by atoms with Crippen molar-refractivity contribution in [3.8, 4) is 5.69 Å². The molecule has 4 heteroatoms. The van der Waals surface area contributed by atoms with Gasteiger partial charge in [-0.25, -0.2) is 4.98 Å². The van der Waals surface area contributed by atoms with Crippen molar-refractivity contribution in [2.24, 2.45) is 5.73 Å². The van der Waals surface area contributed by atoms with Crippen molar-refractivity contribution in [1.29, 1.82) is 0 Å². The lowest BCUT2D eigenvalue weighted by atomic mass is 10.3. The highest BCUT2D eigenvalue weighted by atomic mass is 79.9. The summed E-state index contributed by atoms with van der Waals surface area (Å²) in [5.41, 5.74) is 6.64. The molecule has 0 fully saturated rings. The van der Waals surface area contributed by atoms with Crippen LogP contribution in [0.4, 0.5) is 0 Å². The number of imidazole rings is 1. The molecule has 0 unspecified atom stereocenters. The molecule has 0 aliphatic heterocycles. The summed E-state index contributed by atoms with van der Waals surface area (Å²) in [4.78, 5) is 4.16. The molecular weight excluding hydrogens is 242 g/mol. The Morgan fingerprint density at radius 3 is 3.00 bits per heavy atom. The molecule has 1 aromatic carbocycles. The Kier molecular flexibility index (Phi) is 2.65. The molecular formula is C10H10BrN3. The van der Waals surface area contributed by atoms with E-state index in [1.54, 1.807) is 6.20 Å². The molecule has 14 heavy (non-hydrogen) atoms. The maximum Gasteiger partial charge on any atom is 0.126 e. The van der Waals surface area contributed by atoms with Gasteiger partial charge in [0.2, 0.25) is 0 Å². The Labute approximate surface area is 90.7 Å². The summed E-state index contributed by atoms with van der Waals surface area (Å²) in [6.07, 6.45) is 3.66. The molecule has 0 saturated heterocycles. The van der Waals surface area contributed by atoms with Crippen LogP contribution in [0.25, 0.3) is 5.69 Å². The van der Waals surface area contributed by atoms with Crippen LogP contribution in [0.5, 0.6) is 0 Å². The number of benzene rings is 1. The van der Waals surface area contributed by atoms with E-state index >= 15 is 0 Å². The van der Waals surface area contributed by atoms with Crippen LogP contribution < -0.4 is 5.73 Å². The molecule has 1 aromatic heterocycles. The highest BCUT2D eigenvalue weighted by Gasteiger charge is 2.02. The second-order valence-corrected chi connectivity index (χ2v) is 3.81. The van der Waals surface area contributed by atoms with Gasteiger partial charge in [-0.3, -0.25) is 0 Å². The predicted molar refractivity (Wildman–Crippen MR) is 59.2 cm³/mol. The predicted octanol–water partition coefficient (Wildman–Crippen LogP) is 2.09. The molecule has 0 atom stereocenters. The molecule has 2 aromatic rings. The molecule has 72 valence electrons. The largest absolute Gasteiger partial charge is 0.324 e. The van der Waals surface area contributed by atoms with Crippen molar-refractivity contribution in [2.45, 2.75) is 6.54 Å². The second-order valence-electron chi connectivity index (χ2n) is 2.90. The number of halogens is 1. The fraction of sp³-hybridized carbons (Fsp3) is 0.100. The van der Waals surface area contributed by atoms with E-state index in [0.29, 0.717) is 6.54 Å². The normalized spacial score (nSPS) is 10.4. The van der Waals surface area contributed by atoms with Crippen molar-refractivity contribution >= 4 is 15.9 Å². The number of hydrogen-bond donors (Lipinski definition) is 1. The minimum Gasteiger partial charge on any atom is -0.324 e. The molecule has 0 bridgehead atoms. The Bertz CT molecular complexity index is 436. The van der Waals surface area contributed by atoms with Crippen LogP contribution in [0.1, 0.15) is 5.82 Å². The lowest BCUT2D eigenvalue weighted by Gasteiger charge is -2.06. The van der Waals surface area contributed by atoms with E-state index in [1.807, 2.05) is 35.0 Å². The molecule has 0 spiro atoms. The van der Waals surface area contributed by atoms with Crippen LogP contribution in [-0.4, -0.2) is 9.55 Å². The smallest absolute Gasteiger partial charge is 0.126 e. The summed E-state index contributed by atoms with van der Waals surface area (Å²) in [5.74, 6) is 0.864. The molecule has 2 N–H and O–H groups in total. The minimum atomic E-state index is 0.444. The van der Waals surface area contributed by atoms with E-state index in [2.05, 4.69) is 20.9 Å². The van der Waals surface area contributed by atoms with E-state index < -0.39 is 0 Å². The standard InChI is InChI=1S/C10H10BrN3/c11-8-2-1-3-9(6-8)14-5-4-13-10(14)7-12/h1-6H,7,12H2. The van der Waals surface area contributed by atoms with Gasteiger partial charge < -0.3 is 10.3 Å². The number of rotatable bonds is 2. The first kappa shape index (κ1) is 9.43. The van der Waals surface area contributed by atoms with Crippen LogP contribution in [0.2, 0.25) is 0 Å². The van der Waals surface area contributed by atoms with Crippen molar-refractivity contribution in [2.75, 3.05) is 0 Å². The summed E-state index contributed by atoms with van der Waals surface area (Å²) in [7, 11) is 0. The zero-order valence-electron chi connectivity index (χ0n) is 7.52. The lowest BCUT2D eigenvalue weighted by Crippen LogP contribution is -2.05. The molecule has 0 aliphatic carbocycles. The van der Waals surface area contributed by atoms with Gasteiger partial charge in [-0.05, 0) is 18.2 Å². The topological polar surface area (TPSA) is 43.8 Å². The van der Waals surface area contributed by atoms with Crippen molar-refractivity contribution in [3.05, 3.63) is 47.0 Å². The van der Waals surface area contributed by atoms with E-state index in [9.17, 15) is 0 Å². The number of nitrogens with zero attached hydrogens (tertiary/aromatic N) is 2. The number of hydrogen-bond acceptors (Lipinski definition) is 2. The van der Waals surface area contributed by atoms with Crippen molar-refractivity contribution in [3.63, 3.8) is 0 Å². The maximum absolute atomic E-state index is 5.58. The Balaban J connectivity index is 2.49. The first-order valence-electron chi connectivity index (χ1n) is 4.29. The van der Waals surface area contributed by atoms with E-state index in [4.69, 9.17) is 5.73 Å². The van der Waals surface area contributed by atoms with Gasteiger partial charge in [0.25, 0.3) is 0 Å². The summed E-state index contributed by atoms with van der Waals surface area (Å²) in [6.45, 7) is 0.444. The van der Waals surface area contributed by atoms with E-state index in [0.717, 1.165) is 16.0 Å². The maximum atomic E-state index is 5.58. The number of aromatic nitrogens is 2. The molecule has 2 rings (SSSR count). The first-order chi connectivity index (χ1) is 6.81. The Morgan fingerprint density at radius 1 is 1.43 bits per heavy atom. The third-order valence-corrected chi connectivity index (χ3v) is 2.48. The van der Waals surface area contributed by atoms with Gasteiger partial charge >= 0.3 is 0 Å². The van der Waals surface area contributed by atoms with Gasteiger partial charge in [-0.1, -0.05) is 22.0 Å². The highest BCUT2D eigenvalue weighted by Crippen LogP contribution is 2.16. The average molecular weight is 252 g/mol. The highest BCUT2D eigenvalue weighted by molar-refractivity contribution is 9.10. The Morgan fingerprint density at radius 2 is 2.29 bits per heavy atom. The minimum absolute atomic E-state index is 0.444. The van der Waals surface area contributed by atoms with Gasteiger partial charge in [0.05, 0.1) is 6.54 Å². The van der Waals surface area contributed by atoms with Gasteiger partial charge in [0.15, 0.2) is 0 Å². The zero-order chi connectivity index (χ0) is 9.97. The van der Waals surface area contributed by atoms with Crippen LogP contribution in [0.15, 0.2) is 41.1 Å². The average Bonchev–Trinajstić information content (AvgIpc) is 2.65. The van der Waals surface area contributed by atoms with Gasteiger partial charge in [-0.15, -0.1) is 0 Å². The molecule has 1 heterocycles. The second kappa shape index (κ2) is 3.94. The van der Waals surface area contributed by atoms with Crippen LogP contribution in [0, 0.1) is 0 Å². The molecule has 3 nitrogen and oxygen atoms in total. The molecule has 0 radical (unpaired) electrons. The lowest BCUT2D eigenvalue weighted by molar-refractivity contribution is 0.867. The van der Waals surface area contributed by atoms with Gasteiger partial charge in [0.1, 0.15) is 5.82 Å². The summed E-state index contributed by atoms with van der Waals surface area (Å²) in [6, 6.07) is 8.02. The monoisotopic (exact) mass is 251 g/mol. The molecule has 0 saturated carbocycles. The summed E-state index contributed by atoms with van der Waals surface area (Å²) < 4.78 is 3.02. The summed E-state index contributed by atoms with van der Waals surface area (Å²) >= 11 is 3.43. The van der Waals surface area contributed by atoms with Crippen LogP contribution in [0.3, 0.4) is 0 Å². The van der Waals surface area contributed by atoms with Crippen LogP contribution in [-0.2, 0) is 6.54 Å². The zero-order valence-corrected chi connectivity index (χ0v) is 9.11. The first-order valence-corrected chi connectivity index (χ1v) is 5.09. The fourth-order valence-corrected chi connectivity index (χ4v) is 1.73. The fourth-order valence-electron chi connectivity index (χ4n) is 1.35. The van der Waals surface area contributed by atoms with Gasteiger partial charge in [-0.2, -0.15) is 0 Å². The third kappa shape index (κ3) is 1.71. The van der Waals surface area contributed by atoms with E-state index in [-0.39, 0.29) is 0 Å². The van der Waals surface area contributed by atoms with Gasteiger partial charge in [0, 0.05) is 22.6 Å². The Hall–Kier alpha value is -1.13. The van der Waals surface area contributed by atoms with E-state index in [1.165, 1.54) is 0 Å². The van der Waals surface area contributed by atoms with Crippen molar-refractivity contribution < 1.29 is 0 Å². The van der Waals surface area contributed by atoms with Crippen molar-refractivity contribution in [1.82, 2.24) is 9.55 Å². The van der Waals surface area contributed by atoms with Crippen LogP contribution >= 0.6 is 15.9 Å². The summed E-state index contributed by atoms with van der Waals surface area (Å²) in [5, 5.41) is 0. The third-order valence-electron chi connectivity index (χ3n) is 1.99. The molecule has 0 aliphatic rings.